The quantitative estimate of drug-likeness (QED) is 0.182. The van der Waals surface area contributed by atoms with Crippen molar-refractivity contribution >= 4 is 29.4 Å². The molecule has 148 valence electrons. The molecule has 0 radical (unpaired) electrons. The Kier molecular flexibility index (Phi) is 7.08. The summed E-state index contributed by atoms with van der Waals surface area (Å²) in [6.45, 7) is 0.351. The number of allylic oxidation sites excluding steroid dienone is 3. The number of halogens is 1. The van der Waals surface area contributed by atoms with E-state index in [1.807, 2.05) is 0 Å². The molecule has 0 bridgehead atoms. The van der Waals surface area contributed by atoms with Crippen LogP contribution in [0.25, 0.3) is 0 Å². The first kappa shape index (κ1) is 20.6. The number of hydrogen-bond acceptors (Lipinski definition) is 8. The number of amidine groups is 1. The van der Waals surface area contributed by atoms with Gasteiger partial charge < -0.3 is 36.0 Å². The number of carbonyl (C=O) groups excluding carboxylic acids is 1. The van der Waals surface area contributed by atoms with Crippen LogP contribution in [-0.4, -0.2) is 61.4 Å². The zero-order valence-electron chi connectivity index (χ0n) is 15.1. The maximum absolute atomic E-state index is 12.0. The van der Waals surface area contributed by atoms with Gasteiger partial charge in [0.25, 0.3) is 11.9 Å². The first-order chi connectivity index (χ1) is 12.8. The van der Waals surface area contributed by atoms with E-state index >= 15 is 0 Å². The SMILES string of the molecule is CNC(=O)C1=C(NC)NCN1CC(O)NC(=N)OC(=N)C1C=CC(Cl)=CC1. The summed E-state index contributed by atoms with van der Waals surface area (Å²) in [4.78, 5) is 13.7. The lowest BCUT2D eigenvalue weighted by Crippen LogP contribution is -2.46. The fourth-order valence-corrected chi connectivity index (χ4v) is 2.80. The third-order valence-electron chi connectivity index (χ3n) is 3.99. The molecule has 0 fully saturated rings. The molecule has 7 N–H and O–H groups in total. The van der Waals surface area contributed by atoms with E-state index < -0.39 is 12.2 Å². The van der Waals surface area contributed by atoms with E-state index in [9.17, 15) is 9.90 Å². The van der Waals surface area contributed by atoms with Gasteiger partial charge in [0.1, 0.15) is 17.7 Å². The predicted octanol–water partition coefficient (Wildman–Crippen LogP) is -0.481. The van der Waals surface area contributed by atoms with E-state index in [-0.39, 0.29) is 24.3 Å². The normalized spacial score (nSPS) is 19.8. The minimum absolute atomic E-state index is 0.0294. The number of likely N-dealkylation sites (N-methyl/N-ethyl adjacent to an activating group) is 1. The highest BCUT2D eigenvalue weighted by Gasteiger charge is 2.28. The topological polar surface area (TPSA) is 146 Å². The Bertz CT molecular complexity index is 704. The third kappa shape index (κ3) is 5.38. The van der Waals surface area contributed by atoms with Gasteiger partial charge >= 0.3 is 0 Å². The van der Waals surface area contributed by atoms with Crippen LogP contribution in [0.2, 0.25) is 0 Å². The number of nitrogens with one attached hydrogen (secondary N) is 6. The molecular formula is C16H24ClN7O3. The van der Waals surface area contributed by atoms with Gasteiger partial charge in [0.2, 0.25) is 0 Å². The summed E-state index contributed by atoms with van der Waals surface area (Å²) in [5, 5.41) is 37.4. The summed E-state index contributed by atoms with van der Waals surface area (Å²) in [6.07, 6.45) is 4.49. The Morgan fingerprint density at radius 2 is 2.26 bits per heavy atom. The van der Waals surface area contributed by atoms with Crippen molar-refractivity contribution in [2.45, 2.75) is 12.6 Å². The van der Waals surface area contributed by atoms with Crippen LogP contribution < -0.4 is 21.3 Å². The number of hydrogen-bond donors (Lipinski definition) is 7. The maximum Gasteiger partial charge on any atom is 0.290 e. The number of aliphatic hydroxyl groups is 1. The van der Waals surface area contributed by atoms with Crippen molar-refractivity contribution in [1.29, 1.82) is 10.8 Å². The standard InChI is InChI=1S/C16H24ClN7O3/c1-20-14-12(15(26)21-2)24(8-22-14)7-11(25)23-16(19)27-13(18)9-3-5-10(17)6-4-9/h3,5-6,9,11,18,20,22,25H,4,7-8H2,1-2H3,(H2,19,23)(H,21,26). The molecule has 1 aliphatic carbocycles. The molecule has 2 unspecified atom stereocenters. The molecule has 10 nitrogen and oxygen atoms in total. The van der Waals surface area contributed by atoms with Crippen LogP contribution in [0.15, 0.2) is 34.8 Å². The summed E-state index contributed by atoms with van der Waals surface area (Å²) in [5.41, 5.74) is 0.358. The van der Waals surface area contributed by atoms with Crippen LogP contribution in [0.1, 0.15) is 6.42 Å². The van der Waals surface area contributed by atoms with Gasteiger partial charge in [-0.05, 0) is 12.5 Å². The smallest absolute Gasteiger partial charge is 0.290 e. The summed E-state index contributed by atoms with van der Waals surface area (Å²) >= 11 is 5.84. The first-order valence-electron chi connectivity index (χ1n) is 8.32. The van der Waals surface area contributed by atoms with E-state index in [2.05, 4.69) is 21.3 Å². The van der Waals surface area contributed by atoms with Gasteiger partial charge in [-0.15, -0.1) is 0 Å². The van der Waals surface area contributed by atoms with E-state index in [1.54, 1.807) is 30.2 Å². The highest BCUT2D eigenvalue weighted by Crippen LogP contribution is 2.20. The maximum atomic E-state index is 12.0. The molecule has 2 atom stereocenters. The summed E-state index contributed by atoms with van der Waals surface area (Å²) < 4.78 is 5.13. The van der Waals surface area contributed by atoms with Crippen LogP contribution >= 0.6 is 11.6 Å². The van der Waals surface area contributed by atoms with Crippen LogP contribution in [0.4, 0.5) is 0 Å². The van der Waals surface area contributed by atoms with Gasteiger partial charge in [0, 0.05) is 19.1 Å². The van der Waals surface area contributed by atoms with Gasteiger partial charge in [-0.25, -0.2) is 0 Å². The number of aliphatic hydroxyl groups excluding tert-OH is 1. The van der Waals surface area contributed by atoms with Crippen molar-refractivity contribution in [3.63, 3.8) is 0 Å². The molecule has 2 aliphatic rings. The monoisotopic (exact) mass is 397 g/mol. The molecule has 2 rings (SSSR count). The Balaban J connectivity index is 1.86. The van der Waals surface area contributed by atoms with E-state index in [0.29, 0.717) is 29.6 Å². The molecule has 0 aromatic heterocycles. The fraction of sp³-hybridized carbons (Fsp3) is 0.438. The van der Waals surface area contributed by atoms with Crippen LogP contribution in [0.5, 0.6) is 0 Å². The van der Waals surface area contributed by atoms with Gasteiger partial charge in [0.05, 0.1) is 19.1 Å². The molecule has 0 aromatic rings. The van der Waals surface area contributed by atoms with Gasteiger partial charge in [-0.3, -0.25) is 15.6 Å². The molecule has 0 spiro atoms. The molecule has 0 saturated carbocycles. The second kappa shape index (κ2) is 9.28. The Morgan fingerprint density at radius 1 is 1.52 bits per heavy atom. The van der Waals surface area contributed by atoms with Crippen molar-refractivity contribution < 1.29 is 14.6 Å². The molecule has 1 aliphatic heterocycles. The van der Waals surface area contributed by atoms with Crippen molar-refractivity contribution in [1.82, 2.24) is 26.2 Å². The molecule has 0 aromatic carbocycles. The Labute approximate surface area is 162 Å². The van der Waals surface area contributed by atoms with E-state index in [0.717, 1.165) is 0 Å². The Morgan fingerprint density at radius 3 is 2.85 bits per heavy atom. The molecule has 1 heterocycles. The fourth-order valence-electron chi connectivity index (χ4n) is 2.64. The zero-order valence-corrected chi connectivity index (χ0v) is 15.9. The second-order valence-electron chi connectivity index (χ2n) is 5.86. The van der Waals surface area contributed by atoms with Crippen molar-refractivity contribution in [3.05, 3.63) is 34.8 Å². The van der Waals surface area contributed by atoms with Crippen LogP contribution in [0, 0.1) is 16.7 Å². The van der Waals surface area contributed by atoms with Crippen LogP contribution in [-0.2, 0) is 9.53 Å². The molecule has 27 heavy (non-hydrogen) atoms. The van der Waals surface area contributed by atoms with Gasteiger partial charge in [-0.1, -0.05) is 23.8 Å². The summed E-state index contributed by atoms with van der Waals surface area (Å²) in [7, 11) is 3.20. The minimum Gasteiger partial charge on any atom is -0.411 e. The number of carbonyl (C=O) groups is 1. The van der Waals surface area contributed by atoms with Gasteiger partial charge in [0.15, 0.2) is 5.90 Å². The van der Waals surface area contributed by atoms with Gasteiger partial charge in [-0.2, -0.15) is 0 Å². The lowest BCUT2D eigenvalue weighted by Gasteiger charge is -2.24. The van der Waals surface area contributed by atoms with Crippen molar-refractivity contribution in [2.75, 3.05) is 27.3 Å². The largest absolute Gasteiger partial charge is 0.411 e. The third-order valence-corrected chi connectivity index (χ3v) is 4.27. The van der Waals surface area contributed by atoms with Crippen LogP contribution in [0.3, 0.4) is 0 Å². The Hall–Kier alpha value is -2.72. The number of β-amino-alcohol motifs (C(OH)–C–C–N with tert-alkyl or cyclic N) is 1. The molecule has 11 heteroatoms. The summed E-state index contributed by atoms with van der Waals surface area (Å²) in [6, 6.07) is -0.451. The highest BCUT2D eigenvalue weighted by atomic mass is 35.5. The van der Waals surface area contributed by atoms with Crippen molar-refractivity contribution in [3.8, 4) is 0 Å². The van der Waals surface area contributed by atoms with E-state index in [1.165, 1.54) is 7.05 Å². The lowest BCUT2D eigenvalue weighted by atomic mass is 10.0. The zero-order chi connectivity index (χ0) is 20.0. The second-order valence-corrected chi connectivity index (χ2v) is 6.29. The first-order valence-corrected chi connectivity index (χ1v) is 8.69. The average Bonchev–Trinajstić information content (AvgIpc) is 3.03. The summed E-state index contributed by atoms with van der Waals surface area (Å²) in [5.74, 6) is -0.191. The number of ether oxygens (including phenoxy) is 1. The highest BCUT2D eigenvalue weighted by molar-refractivity contribution is 6.31. The average molecular weight is 398 g/mol. The lowest BCUT2D eigenvalue weighted by molar-refractivity contribution is -0.118. The molecular weight excluding hydrogens is 374 g/mol. The number of rotatable bonds is 6. The molecule has 0 saturated heterocycles. The number of amides is 1. The predicted molar refractivity (Wildman–Crippen MR) is 102 cm³/mol. The number of nitrogens with zero attached hydrogens (tertiary/aromatic N) is 1. The van der Waals surface area contributed by atoms with E-state index in [4.69, 9.17) is 27.2 Å². The minimum atomic E-state index is -1.18. The molecule has 1 amide bonds. The van der Waals surface area contributed by atoms with Crippen molar-refractivity contribution in [2.24, 2.45) is 5.92 Å².